The first kappa shape index (κ1) is 12.5. The monoisotopic (exact) mass is 256 g/mol. The van der Waals surface area contributed by atoms with Crippen LogP contribution in [0.2, 0.25) is 0 Å². The second-order valence-corrected chi connectivity index (χ2v) is 5.50. The molecule has 0 saturated heterocycles. The summed E-state index contributed by atoms with van der Waals surface area (Å²) >= 11 is 1.45. The van der Waals surface area contributed by atoms with Crippen molar-refractivity contribution >= 4 is 17.5 Å². The number of halogens is 1. The predicted octanol–water partition coefficient (Wildman–Crippen LogP) is 2.28. The Morgan fingerprint density at radius 3 is 2.88 bits per heavy atom. The predicted molar refractivity (Wildman–Crippen MR) is 67.8 cm³/mol. The highest BCUT2D eigenvalue weighted by molar-refractivity contribution is 8.04. The zero-order chi connectivity index (χ0) is 12.4. The third kappa shape index (κ3) is 2.83. The molecular weight excluding hydrogens is 239 g/mol. The van der Waals surface area contributed by atoms with Gasteiger partial charge in [-0.2, -0.15) is 0 Å². The number of nitrogens with one attached hydrogen (secondary N) is 2. The van der Waals surface area contributed by atoms with E-state index in [0.717, 1.165) is 17.7 Å². The van der Waals surface area contributed by atoms with E-state index in [4.69, 9.17) is 0 Å². The van der Waals surface area contributed by atoms with Crippen LogP contribution in [0.25, 0.3) is 0 Å². The molecule has 94 valence electrons. The summed E-state index contributed by atoms with van der Waals surface area (Å²) in [7, 11) is 0. The maximum atomic E-state index is 13.8. The number of thioether (sulfide) groups is 1. The van der Waals surface area contributed by atoms with Crippen molar-refractivity contribution < 1.29 is 9.18 Å². The van der Waals surface area contributed by atoms with E-state index in [0.29, 0.717) is 11.6 Å². The molecule has 0 spiro atoms. The number of hydrogen-bond donors (Lipinski definition) is 2. The molecule has 0 bridgehead atoms. The van der Waals surface area contributed by atoms with Gasteiger partial charge in [0.2, 0.25) is 0 Å². The fourth-order valence-electron chi connectivity index (χ4n) is 1.77. The molecule has 0 amide bonds. The third-order valence-corrected chi connectivity index (χ3v) is 4.18. The van der Waals surface area contributed by atoms with E-state index in [2.05, 4.69) is 10.6 Å². The van der Waals surface area contributed by atoms with E-state index in [1.165, 1.54) is 18.7 Å². The number of alkyl halides is 1. The van der Waals surface area contributed by atoms with Crippen molar-refractivity contribution in [3.63, 3.8) is 0 Å². The summed E-state index contributed by atoms with van der Waals surface area (Å²) in [6, 6.07) is 0. The van der Waals surface area contributed by atoms with Gasteiger partial charge in [-0.25, -0.2) is 4.39 Å². The highest BCUT2D eigenvalue weighted by atomic mass is 32.2. The molecule has 2 rings (SSSR count). The topological polar surface area (TPSA) is 41.1 Å². The van der Waals surface area contributed by atoms with E-state index >= 15 is 0 Å². The van der Waals surface area contributed by atoms with Crippen molar-refractivity contribution in [3.05, 3.63) is 22.9 Å². The second-order valence-electron chi connectivity index (χ2n) is 4.32. The van der Waals surface area contributed by atoms with Gasteiger partial charge in [0, 0.05) is 11.8 Å². The van der Waals surface area contributed by atoms with Gasteiger partial charge >= 0.3 is 0 Å². The van der Waals surface area contributed by atoms with Gasteiger partial charge in [-0.1, -0.05) is 17.8 Å². The fraction of sp³-hybridized carbons (Fsp3) is 0.583. The van der Waals surface area contributed by atoms with Gasteiger partial charge in [0.25, 0.3) is 0 Å². The van der Waals surface area contributed by atoms with Crippen LogP contribution in [0.1, 0.15) is 26.7 Å². The van der Waals surface area contributed by atoms with E-state index in [-0.39, 0.29) is 5.78 Å². The van der Waals surface area contributed by atoms with Crippen molar-refractivity contribution in [2.75, 3.05) is 0 Å². The number of carbonyl (C=O) groups is 1. The largest absolute Gasteiger partial charge is 0.365 e. The normalized spacial score (nSPS) is 26.2. The zero-order valence-electron chi connectivity index (χ0n) is 10.00. The third-order valence-electron chi connectivity index (χ3n) is 2.78. The lowest BCUT2D eigenvalue weighted by Gasteiger charge is -2.16. The minimum absolute atomic E-state index is 0.000124. The first-order chi connectivity index (χ1) is 8.13. The maximum absolute atomic E-state index is 13.8. The van der Waals surface area contributed by atoms with Crippen molar-refractivity contribution in [3.8, 4) is 0 Å². The van der Waals surface area contributed by atoms with Gasteiger partial charge in [-0.15, -0.1) is 0 Å². The molecule has 2 atom stereocenters. The molecule has 0 aromatic heterocycles. The lowest BCUT2D eigenvalue weighted by Crippen LogP contribution is -2.39. The Balaban J connectivity index is 2.01. The van der Waals surface area contributed by atoms with Crippen LogP contribution >= 0.6 is 11.8 Å². The molecule has 1 aliphatic heterocycles. The molecule has 3 nitrogen and oxygen atoms in total. The van der Waals surface area contributed by atoms with Crippen molar-refractivity contribution in [1.82, 2.24) is 10.6 Å². The Labute approximate surface area is 105 Å². The van der Waals surface area contributed by atoms with Gasteiger partial charge in [-0.3, -0.25) is 4.79 Å². The van der Waals surface area contributed by atoms with Crippen LogP contribution < -0.4 is 10.6 Å². The van der Waals surface area contributed by atoms with Crippen LogP contribution in [-0.2, 0) is 4.79 Å². The first-order valence-corrected chi connectivity index (χ1v) is 6.71. The molecule has 2 aliphatic rings. The van der Waals surface area contributed by atoms with E-state index in [9.17, 15) is 9.18 Å². The molecule has 1 fully saturated rings. The summed E-state index contributed by atoms with van der Waals surface area (Å²) in [6.45, 7) is 3.35. The molecule has 2 unspecified atom stereocenters. The lowest BCUT2D eigenvalue weighted by molar-refractivity contribution is -0.114. The molecule has 1 saturated carbocycles. The van der Waals surface area contributed by atoms with Crippen LogP contribution in [0.4, 0.5) is 4.39 Å². The van der Waals surface area contributed by atoms with Gasteiger partial charge in [0.1, 0.15) is 5.37 Å². The number of Topliss-reactive ketones (excluding diaryl/α,β-unsaturated/α-hetero) is 1. The van der Waals surface area contributed by atoms with Crippen LogP contribution in [0.15, 0.2) is 22.9 Å². The highest BCUT2D eigenvalue weighted by Gasteiger charge is 2.39. The summed E-state index contributed by atoms with van der Waals surface area (Å²) in [5.41, 5.74) is 0.618. The van der Waals surface area contributed by atoms with Crippen LogP contribution in [0.5, 0.6) is 0 Å². The summed E-state index contributed by atoms with van der Waals surface area (Å²) in [5.74, 6) is 0.477. The minimum Gasteiger partial charge on any atom is -0.365 e. The number of rotatable bonds is 5. The average Bonchev–Trinajstić information content (AvgIpc) is 3.04. The summed E-state index contributed by atoms with van der Waals surface area (Å²) in [6.07, 6.45) is 4.37. The van der Waals surface area contributed by atoms with Gasteiger partial charge in [-0.05, 0) is 31.9 Å². The highest BCUT2D eigenvalue weighted by Crippen LogP contribution is 2.48. The summed E-state index contributed by atoms with van der Waals surface area (Å²) in [5, 5.41) is 5.24. The molecular formula is C12H17FN2OS. The van der Waals surface area contributed by atoms with Crippen molar-refractivity contribution in [2.24, 2.45) is 5.92 Å². The second kappa shape index (κ2) is 5.12. The molecule has 0 radical (unpaired) electrons. The lowest BCUT2D eigenvalue weighted by atomic mass is 10.2. The molecule has 0 aromatic carbocycles. The summed E-state index contributed by atoms with van der Waals surface area (Å²) < 4.78 is 13.8. The molecule has 2 N–H and O–H groups in total. The molecule has 1 aliphatic carbocycles. The molecule has 0 aromatic rings. The van der Waals surface area contributed by atoms with Gasteiger partial charge < -0.3 is 10.6 Å². The smallest absolute Gasteiger partial charge is 0.199 e. The van der Waals surface area contributed by atoms with Crippen LogP contribution in [0, 0.1) is 5.92 Å². The average molecular weight is 256 g/mol. The van der Waals surface area contributed by atoms with E-state index in [1.807, 2.05) is 6.92 Å². The number of ketones is 1. The Kier molecular flexibility index (Phi) is 3.76. The number of carbonyl (C=O) groups excluding carboxylic acids is 1. The van der Waals surface area contributed by atoms with Crippen LogP contribution in [-0.4, -0.2) is 17.5 Å². The molecule has 17 heavy (non-hydrogen) atoms. The molecule has 1 heterocycles. The summed E-state index contributed by atoms with van der Waals surface area (Å²) in [4.78, 5) is 12.5. The van der Waals surface area contributed by atoms with Crippen LogP contribution in [0.3, 0.4) is 0 Å². The SMILES string of the molecule is C/C=C\NC(F)C1NC(C(C)=O)=C(C2CC2)S1. The Morgan fingerprint density at radius 2 is 2.35 bits per heavy atom. The van der Waals surface area contributed by atoms with Crippen molar-refractivity contribution in [2.45, 2.75) is 38.4 Å². The quantitative estimate of drug-likeness (QED) is 0.740. The number of allylic oxidation sites excluding steroid dienone is 3. The van der Waals surface area contributed by atoms with Crippen molar-refractivity contribution in [1.29, 1.82) is 0 Å². The van der Waals surface area contributed by atoms with Gasteiger partial charge in [0.15, 0.2) is 12.1 Å². The Bertz CT molecular complexity index is 377. The minimum atomic E-state index is -1.19. The Hall–Kier alpha value is -0.970. The Morgan fingerprint density at radius 1 is 1.65 bits per heavy atom. The number of hydrogen-bond acceptors (Lipinski definition) is 4. The fourth-order valence-corrected chi connectivity index (χ4v) is 3.17. The van der Waals surface area contributed by atoms with E-state index in [1.54, 1.807) is 12.3 Å². The molecule has 5 heteroatoms. The van der Waals surface area contributed by atoms with Gasteiger partial charge in [0.05, 0.1) is 5.70 Å². The van der Waals surface area contributed by atoms with E-state index < -0.39 is 11.7 Å². The maximum Gasteiger partial charge on any atom is 0.199 e. The standard InChI is InChI=1S/C12H17FN2OS/c1-3-6-14-11(13)12-15-9(7(2)16)10(17-12)8-4-5-8/h3,6,8,11-12,14-15H,4-5H2,1-2H3/b6-3-. The first-order valence-electron chi connectivity index (χ1n) is 5.83. The zero-order valence-corrected chi connectivity index (χ0v) is 10.8.